The molecule has 0 saturated heterocycles. The molecule has 0 radical (unpaired) electrons. The first kappa shape index (κ1) is 21.8. The molecule has 0 unspecified atom stereocenters. The van der Waals surface area contributed by atoms with E-state index in [1.54, 1.807) is 0 Å². The van der Waals surface area contributed by atoms with Crippen LogP contribution in [0.3, 0.4) is 0 Å². The Balaban J connectivity index is 1.59. The number of rotatable bonds is 6. The first-order chi connectivity index (χ1) is 15.4. The summed E-state index contributed by atoms with van der Waals surface area (Å²) in [5.74, 6) is -0.358. The van der Waals surface area contributed by atoms with Gasteiger partial charge in [-0.1, -0.05) is 40.5 Å². The maximum absolute atomic E-state index is 14.0. The molecule has 2 heterocycles. The smallest absolute Gasteiger partial charge is 0.264 e. The maximum Gasteiger partial charge on any atom is 0.264 e. The summed E-state index contributed by atoms with van der Waals surface area (Å²) in [5.41, 5.74) is 8.58. The van der Waals surface area contributed by atoms with Gasteiger partial charge in [0.25, 0.3) is 5.89 Å². The van der Waals surface area contributed by atoms with Gasteiger partial charge in [0.2, 0.25) is 11.7 Å². The van der Waals surface area contributed by atoms with Crippen molar-refractivity contribution in [3.63, 3.8) is 0 Å². The fourth-order valence-corrected chi connectivity index (χ4v) is 3.79. The van der Waals surface area contributed by atoms with Gasteiger partial charge >= 0.3 is 0 Å². The van der Waals surface area contributed by atoms with E-state index >= 15 is 0 Å². The minimum atomic E-state index is -0.640. The standard InChI is InChI=1S/C21H18ClFN6O2S/c1-11-4-3-5-12(8-11)19-26-20(31-28-19)17-18(24)29(27-21(17)32-2)10-16(30)25-15-7-6-13(22)9-14(15)23/h3-9H,10,24H2,1-2H3,(H,25,30). The number of amides is 1. The zero-order valence-electron chi connectivity index (χ0n) is 17.1. The largest absolute Gasteiger partial charge is 0.383 e. The van der Waals surface area contributed by atoms with E-state index in [0.717, 1.165) is 17.2 Å². The van der Waals surface area contributed by atoms with Crippen molar-refractivity contribution in [1.82, 2.24) is 19.9 Å². The van der Waals surface area contributed by atoms with Crippen LogP contribution in [-0.2, 0) is 11.3 Å². The number of hydrogen-bond acceptors (Lipinski definition) is 7. The van der Waals surface area contributed by atoms with Gasteiger partial charge in [-0.3, -0.25) is 4.79 Å². The molecular formula is C21H18ClFN6O2S. The van der Waals surface area contributed by atoms with Gasteiger partial charge in [0.15, 0.2) is 0 Å². The molecule has 0 aliphatic rings. The van der Waals surface area contributed by atoms with Crippen LogP contribution in [-0.4, -0.2) is 32.1 Å². The van der Waals surface area contributed by atoms with Crippen molar-refractivity contribution in [3.05, 3.63) is 58.9 Å². The highest BCUT2D eigenvalue weighted by molar-refractivity contribution is 7.98. The van der Waals surface area contributed by atoms with E-state index in [1.807, 2.05) is 37.4 Å². The summed E-state index contributed by atoms with van der Waals surface area (Å²) in [6.07, 6.45) is 1.82. The molecule has 0 aliphatic carbocycles. The Morgan fingerprint density at radius 1 is 1.31 bits per heavy atom. The van der Waals surface area contributed by atoms with Crippen LogP contribution in [0.4, 0.5) is 15.9 Å². The second-order valence-corrected chi connectivity index (χ2v) is 8.12. The summed E-state index contributed by atoms with van der Waals surface area (Å²) in [6.45, 7) is 1.74. The molecule has 0 spiro atoms. The predicted molar refractivity (Wildman–Crippen MR) is 122 cm³/mol. The van der Waals surface area contributed by atoms with Gasteiger partial charge < -0.3 is 15.6 Å². The van der Waals surface area contributed by atoms with Gasteiger partial charge in [-0.05, 0) is 37.4 Å². The second-order valence-electron chi connectivity index (χ2n) is 6.89. The molecule has 0 saturated carbocycles. The zero-order chi connectivity index (χ0) is 22.8. The number of hydrogen-bond donors (Lipinski definition) is 2. The number of nitrogen functional groups attached to an aromatic ring is 1. The van der Waals surface area contributed by atoms with E-state index in [4.69, 9.17) is 21.9 Å². The van der Waals surface area contributed by atoms with Crippen LogP contribution in [0.25, 0.3) is 22.8 Å². The lowest BCUT2D eigenvalue weighted by molar-refractivity contribution is -0.116. The van der Waals surface area contributed by atoms with Crippen molar-refractivity contribution in [2.24, 2.45) is 0 Å². The number of thioether (sulfide) groups is 1. The Morgan fingerprint density at radius 2 is 2.12 bits per heavy atom. The van der Waals surface area contributed by atoms with Crippen molar-refractivity contribution >= 4 is 40.8 Å². The normalized spacial score (nSPS) is 11.0. The van der Waals surface area contributed by atoms with Crippen molar-refractivity contribution in [1.29, 1.82) is 0 Å². The van der Waals surface area contributed by atoms with Crippen LogP contribution in [0.5, 0.6) is 0 Å². The van der Waals surface area contributed by atoms with Crippen LogP contribution < -0.4 is 11.1 Å². The Hall–Kier alpha value is -3.37. The van der Waals surface area contributed by atoms with Gasteiger partial charge in [-0.25, -0.2) is 9.07 Å². The molecule has 1 amide bonds. The third-order valence-corrected chi connectivity index (χ3v) is 5.48. The molecule has 4 aromatic rings. The third-order valence-electron chi connectivity index (χ3n) is 4.57. The molecule has 2 aromatic carbocycles. The molecule has 0 atom stereocenters. The summed E-state index contributed by atoms with van der Waals surface area (Å²) in [5, 5.41) is 11.6. The molecule has 2 aromatic heterocycles. The van der Waals surface area contributed by atoms with Crippen LogP contribution in [0, 0.1) is 12.7 Å². The van der Waals surface area contributed by atoms with E-state index in [9.17, 15) is 9.18 Å². The van der Waals surface area contributed by atoms with E-state index in [0.29, 0.717) is 16.4 Å². The number of aryl methyl sites for hydroxylation is 1. The molecule has 164 valence electrons. The Morgan fingerprint density at radius 3 is 2.84 bits per heavy atom. The van der Waals surface area contributed by atoms with Crippen LogP contribution in [0.2, 0.25) is 5.02 Å². The molecule has 0 aliphatic heterocycles. The van der Waals surface area contributed by atoms with Crippen molar-refractivity contribution in [2.45, 2.75) is 18.5 Å². The van der Waals surface area contributed by atoms with Crippen LogP contribution in [0.15, 0.2) is 52.0 Å². The van der Waals surface area contributed by atoms with Gasteiger partial charge in [-0.15, -0.1) is 11.8 Å². The molecule has 3 N–H and O–H groups in total. The highest BCUT2D eigenvalue weighted by Crippen LogP contribution is 2.35. The number of carbonyl (C=O) groups excluding carboxylic acids is 1. The van der Waals surface area contributed by atoms with Crippen molar-refractivity contribution in [2.75, 3.05) is 17.3 Å². The first-order valence-electron chi connectivity index (χ1n) is 9.42. The molecule has 32 heavy (non-hydrogen) atoms. The number of aromatic nitrogens is 4. The average molecular weight is 473 g/mol. The SMILES string of the molecule is CSc1nn(CC(=O)Nc2ccc(Cl)cc2F)c(N)c1-c1nc(-c2cccc(C)c2)no1. The Bertz CT molecular complexity index is 1310. The summed E-state index contributed by atoms with van der Waals surface area (Å²) < 4.78 is 20.7. The van der Waals surface area contributed by atoms with E-state index in [2.05, 4.69) is 20.6 Å². The summed E-state index contributed by atoms with van der Waals surface area (Å²) in [6, 6.07) is 11.7. The quantitative estimate of drug-likeness (QED) is 0.393. The summed E-state index contributed by atoms with van der Waals surface area (Å²) in [4.78, 5) is 16.9. The molecular weight excluding hydrogens is 455 g/mol. The Labute approximate surface area is 191 Å². The number of benzene rings is 2. The minimum absolute atomic E-state index is 0.00939. The van der Waals surface area contributed by atoms with Gasteiger partial charge in [-0.2, -0.15) is 10.1 Å². The van der Waals surface area contributed by atoms with Crippen molar-refractivity contribution < 1.29 is 13.7 Å². The summed E-state index contributed by atoms with van der Waals surface area (Å²) in [7, 11) is 0. The molecule has 0 bridgehead atoms. The number of anilines is 2. The highest BCUT2D eigenvalue weighted by atomic mass is 35.5. The number of halogens is 2. The van der Waals surface area contributed by atoms with E-state index in [1.165, 1.54) is 28.6 Å². The lowest BCUT2D eigenvalue weighted by Crippen LogP contribution is -2.21. The fourth-order valence-electron chi connectivity index (χ4n) is 3.06. The second kappa shape index (κ2) is 9.01. The van der Waals surface area contributed by atoms with E-state index < -0.39 is 11.7 Å². The first-order valence-corrected chi connectivity index (χ1v) is 11.0. The average Bonchev–Trinajstić information content (AvgIpc) is 3.35. The number of nitrogens with zero attached hydrogens (tertiary/aromatic N) is 4. The lowest BCUT2D eigenvalue weighted by atomic mass is 10.1. The van der Waals surface area contributed by atoms with Gasteiger partial charge in [0, 0.05) is 10.6 Å². The molecule has 0 fully saturated rings. The van der Waals surface area contributed by atoms with Crippen LogP contribution >= 0.6 is 23.4 Å². The fraction of sp³-hybridized carbons (Fsp3) is 0.143. The summed E-state index contributed by atoms with van der Waals surface area (Å²) >= 11 is 7.06. The number of nitrogens with one attached hydrogen (secondary N) is 1. The predicted octanol–water partition coefficient (Wildman–Crippen LogP) is 4.64. The Kier molecular flexibility index (Phi) is 6.15. The number of carbonyl (C=O) groups is 1. The highest BCUT2D eigenvalue weighted by Gasteiger charge is 2.24. The zero-order valence-corrected chi connectivity index (χ0v) is 18.7. The third kappa shape index (κ3) is 4.46. The molecule has 8 nitrogen and oxygen atoms in total. The molecule has 11 heteroatoms. The van der Waals surface area contributed by atoms with Gasteiger partial charge in [0.05, 0.1) is 5.69 Å². The van der Waals surface area contributed by atoms with Crippen LogP contribution in [0.1, 0.15) is 5.56 Å². The number of nitrogens with two attached hydrogens (primary N) is 1. The van der Waals surface area contributed by atoms with Gasteiger partial charge in [0.1, 0.15) is 28.8 Å². The maximum atomic E-state index is 14.0. The minimum Gasteiger partial charge on any atom is -0.383 e. The lowest BCUT2D eigenvalue weighted by Gasteiger charge is -2.08. The monoisotopic (exact) mass is 472 g/mol. The molecule has 4 rings (SSSR count). The topological polar surface area (TPSA) is 112 Å². The van der Waals surface area contributed by atoms with E-state index in [-0.39, 0.29) is 29.0 Å². The van der Waals surface area contributed by atoms with Crippen molar-refractivity contribution in [3.8, 4) is 22.8 Å².